The fraction of sp³-hybridized carbons (Fsp3) is 0.241. The van der Waals surface area contributed by atoms with Gasteiger partial charge >= 0.3 is 201 Å². The van der Waals surface area contributed by atoms with Crippen LogP contribution in [0.15, 0.2) is 93.5 Å². The smallest absolute Gasteiger partial charge is 0.147 e. The molecule has 0 amide bonds. The molecule has 0 unspecified atom stereocenters. The first-order valence-electron chi connectivity index (χ1n) is 11.2. The van der Waals surface area contributed by atoms with Crippen LogP contribution in [0, 0.1) is 26.7 Å². The maximum Gasteiger partial charge on any atom is -0.147 e. The van der Waals surface area contributed by atoms with Crippen molar-refractivity contribution < 1.29 is 20.4 Å². The van der Waals surface area contributed by atoms with Gasteiger partial charge in [-0.1, -0.05) is 0 Å². The van der Waals surface area contributed by atoms with E-state index < -0.39 is 8.07 Å². The monoisotopic (exact) mass is 563 g/mol. The first kappa shape index (κ1) is 31.0. The fourth-order valence-electron chi connectivity index (χ4n) is 5.13. The standard InChI is InChI=1S/C29H31Si.3ClH.Ti/c1-21(2)28-16-9-17-29(28)30(25-13-6-10-22(3)18-25,26-14-7-11-23(4)19-26)27-15-8-12-24(5)20-27;;;;/h6-8,10-16,18-21H,9H2,1-5H3;3*1H;. The molecule has 0 aromatic heterocycles. The minimum absolute atomic E-state index is 0. The molecule has 0 saturated heterocycles. The van der Waals surface area contributed by atoms with Crippen LogP contribution in [0.25, 0.3) is 0 Å². The minimum Gasteiger partial charge on any atom is -0.147 e. The van der Waals surface area contributed by atoms with E-state index in [1.165, 1.54) is 32.3 Å². The molecule has 3 aromatic rings. The van der Waals surface area contributed by atoms with Crippen molar-refractivity contribution in [2.75, 3.05) is 0 Å². The number of halogens is 3. The van der Waals surface area contributed by atoms with E-state index >= 15 is 0 Å². The molecule has 0 aliphatic heterocycles. The third kappa shape index (κ3) is 5.67. The third-order valence-corrected chi connectivity index (χ3v) is 12.4. The summed E-state index contributed by atoms with van der Waals surface area (Å²) < 4.78 is 1.54. The van der Waals surface area contributed by atoms with Gasteiger partial charge in [0.2, 0.25) is 0 Å². The predicted molar refractivity (Wildman–Crippen MR) is 155 cm³/mol. The Morgan fingerprint density at radius 1 is 0.676 bits per heavy atom. The molecule has 0 radical (unpaired) electrons. The fourth-order valence-corrected chi connectivity index (χ4v) is 12.0. The van der Waals surface area contributed by atoms with Gasteiger partial charge < -0.3 is 0 Å². The summed E-state index contributed by atoms with van der Waals surface area (Å²) in [6.45, 7) is 11.4. The molecular formula is C29H34Cl3SiTi. The van der Waals surface area contributed by atoms with E-state index in [2.05, 4.69) is 134 Å². The van der Waals surface area contributed by atoms with Crippen molar-refractivity contribution >= 4 is 60.9 Å². The topological polar surface area (TPSA) is 0 Å². The second kappa shape index (κ2) is 12.8. The van der Waals surface area contributed by atoms with Gasteiger partial charge in [0.25, 0.3) is 0 Å². The SMILES string of the molecule is Cc1cccc([Si](C2=[C]([Ti])CC=C2C(C)C)(c2cccc(C)c2)c2cccc(C)c2)c1.Cl.Cl.Cl. The number of benzene rings is 3. The average molecular weight is 565 g/mol. The van der Waals surface area contributed by atoms with E-state index in [1.54, 1.807) is 14.6 Å². The van der Waals surface area contributed by atoms with Crippen molar-refractivity contribution in [1.82, 2.24) is 0 Å². The number of rotatable bonds is 5. The molecule has 0 atom stereocenters. The predicted octanol–water partition coefficient (Wildman–Crippen LogP) is 6.67. The first-order chi connectivity index (χ1) is 14.8. The van der Waals surface area contributed by atoms with Crippen LogP contribution in [0.5, 0.6) is 0 Å². The Bertz CT molecular complexity index is 1090. The maximum absolute atomic E-state index is 2.50. The average Bonchev–Trinajstić information content (AvgIpc) is 3.11. The third-order valence-electron chi connectivity index (χ3n) is 6.47. The Labute approximate surface area is 237 Å². The van der Waals surface area contributed by atoms with Crippen molar-refractivity contribution in [3.63, 3.8) is 0 Å². The molecule has 179 valence electrons. The van der Waals surface area contributed by atoms with Crippen LogP contribution < -0.4 is 15.6 Å². The molecule has 0 nitrogen and oxygen atoms in total. The largest absolute Gasteiger partial charge is 0.147 e. The zero-order valence-electron chi connectivity index (χ0n) is 20.5. The molecule has 0 spiro atoms. The van der Waals surface area contributed by atoms with E-state index in [0.29, 0.717) is 5.92 Å². The summed E-state index contributed by atoms with van der Waals surface area (Å²) in [5, 5.41) is 6.11. The molecule has 0 bridgehead atoms. The molecule has 1 aliphatic rings. The van der Waals surface area contributed by atoms with Crippen molar-refractivity contribution in [3.8, 4) is 0 Å². The molecule has 0 heterocycles. The molecule has 3 aromatic carbocycles. The number of aryl methyl sites for hydroxylation is 3. The summed E-state index contributed by atoms with van der Waals surface area (Å²) in [7, 11) is -2.46. The Hall–Kier alpha value is -1.06. The number of hydrogen-bond acceptors (Lipinski definition) is 0. The number of hydrogen-bond donors (Lipinski definition) is 0. The quantitative estimate of drug-likeness (QED) is 0.240. The molecule has 4 rings (SSSR count). The minimum atomic E-state index is -2.46. The molecule has 34 heavy (non-hydrogen) atoms. The summed E-state index contributed by atoms with van der Waals surface area (Å²) in [5.41, 5.74) is 5.55. The van der Waals surface area contributed by atoms with E-state index in [1.807, 2.05) is 0 Å². The summed E-state index contributed by atoms with van der Waals surface area (Å²) in [4.78, 5) is 0. The van der Waals surface area contributed by atoms with Crippen LogP contribution in [0.3, 0.4) is 0 Å². The van der Waals surface area contributed by atoms with Gasteiger partial charge in [0.15, 0.2) is 0 Å². The summed E-state index contributed by atoms with van der Waals surface area (Å²) in [5.74, 6) is 0.513. The van der Waals surface area contributed by atoms with Crippen molar-refractivity contribution in [1.29, 1.82) is 0 Å². The van der Waals surface area contributed by atoms with E-state index in [0.717, 1.165) is 6.42 Å². The summed E-state index contributed by atoms with van der Waals surface area (Å²) in [6.07, 6.45) is 3.57. The molecule has 1 aliphatic carbocycles. The van der Waals surface area contributed by atoms with Crippen LogP contribution in [0.1, 0.15) is 37.0 Å². The molecule has 0 saturated carbocycles. The Kier molecular flexibility index (Phi) is 11.6. The van der Waals surface area contributed by atoms with Gasteiger partial charge in [-0.2, -0.15) is 0 Å². The van der Waals surface area contributed by atoms with E-state index in [4.69, 9.17) is 0 Å². The van der Waals surface area contributed by atoms with Crippen LogP contribution in [0.2, 0.25) is 0 Å². The van der Waals surface area contributed by atoms with Gasteiger partial charge in [0, 0.05) is 0 Å². The van der Waals surface area contributed by atoms with Gasteiger partial charge in [0.1, 0.15) is 0 Å². The van der Waals surface area contributed by atoms with Gasteiger partial charge in [-0.05, 0) is 0 Å². The van der Waals surface area contributed by atoms with Crippen LogP contribution in [-0.2, 0) is 20.4 Å². The molecule has 5 heteroatoms. The van der Waals surface area contributed by atoms with Crippen LogP contribution in [0.4, 0.5) is 0 Å². The second-order valence-corrected chi connectivity index (χ2v) is 13.9. The van der Waals surface area contributed by atoms with Crippen LogP contribution in [-0.4, -0.2) is 8.07 Å². The molecular weight excluding hydrogens is 531 g/mol. The van der Waals surface area contributed by atoms with Gasteiger partial charge in [-0.3, -0.25) is 0 Å². The Morgan fingerprint density at radius 3 is 1.38 bits per heavy atom. The van der Waals surface area contributed by atoms with Gasteiger partial charge in [-0.25, -0.2) is 0 Å². The number of allylic oxidation sites excluding steroid dienone is 4. The van der Waals surface area contributed by atoms with Gasteiger partial charge in [-0.15, -0.1) is 37.2 Å². The van der Waals surface area contributed by atoms with Crippen molar-refractivity contribution in [2.45, 2.75) is 41.0 Å². The Morgan fingerprint density at radius 2 is 1.06 bits per heavy atom. The van der Waals surface area contributed by atoms with Crippen molar-refractivity contribution in [2.24, 2.45) is 5.92 Å². The van der Waals surface area contributed by atoms with E-state index in [-0.39, 0.29) is 37.2 Å². The van der Waals surface area contributed by atoms with Crippen molar-refractivity contribution in [3.05, 3.63) is 110 Å². The first-order valence-corrected chi connectivity index (χ1v) is 14.0. The zero-order chi connectivity index (χ0) is 22.2. The zero-order valence-corrected chi connectivity index (χ0v) is 25.5. The van der Waals surface area contributed by atoms with E-state index in [9.17, 15) is 0 Å². The van der Waals surface area contributed by atoms with Gasteiger partial charge in [0.05, 0.1) is 0 Å². The second-order valence-electron chi connectivity index (χ2n) is 9.23. The Balaban J connectivity index is 0.00000193. The molecule has 0 fully saturated rings. The molecule has 0 N–H and O–H groups in total. The van der Waals surface area contributed by atoms with Crippen LogP contribution >= 0.6 is 37.2 Å². The summed E-state index contributed by atoms with van der Waals surface area (Å²) in [6, 6.07) is 28.0. The summed E-state index contributed by atoms with van der Waals surface area (Å²) >= 11 is 2.37. The maximum atomic E-state index is 2.50. The normalized spacial score (nSPS) is 13.0.